The van der Waals surface area contributed by atoms with Crippen molar-refractivity contribution in [3.8, 4) is 0 Å². The Hall–Kier alpha value is -1.79. The van der Waals surface area contributed by atoms with E-state index in [1.54, 1.807) is 24.3 Å². The van der Waals surface area contributed by atoms with Gasteiger partial charge in [0.2, 0.25) is 0 Å². The number of carbonyl (C=O) groups excluding carboxylic acids is 1. The summed E-state index contributed by atoms with van der Waals surface area (Å²) in [5, 5.41) is 11.8. The Morgan fingerprint density at radius 2 is 2.00 bits per heavy atom. The Bertz CT molecular complexity index is 649. The molecule has 1 amide bonds. The van der Waals surface area contributed by atoms with Crippen LogP contribution in [0.2, 0.25) is 5.15 Å². The lowest BCUT2D eigenvalue weighted by atomic mass is 10.1. The van der Waals surface area contributed by atoms with Crippen molar-refractivity contribution < 1.29 is 18.7 Å². The Labute approximate surface area is 118 Å². The van der Waals surface area contributed by atoms with Gasteiger partial charge < -0.3 is 10.4 Å². The number of hydrogen-bond donors (Lipinski definition) is 2. The number of aromatic nitrogens is 1. The molecule has 20 heavy (non-hydrogen) atoms. The van der Waals surface area contributed by atoms with Gasteiger partial charge in [-0.1, -0.05) is 35.9 Å². The maximum Gasteiger partial charge on any atom is 0.287 e. The van der Waals surface area contributed by atoms with E-state index in [9.17, 15) is 13.6 Å². The SMILES string of the molecule is O=C(NCC(F)(F)CO)c1cnc(Cl)c2ccccc12. The van der Waals surface area contributed by atoms with Gasteiger partial charge in [0.15, 0.2) is 0 Å². The number of aliphatic hydroxyl groups is 1. The van der Waals surface area contributed by atoms with Crippen molar-refractivity contribution in [1.82, 2.24) is 10.3 Å². The number of aliphatic hydroxyl groups excluding tert-OH is 1. The first-order valence-corrected chi connectivity index (χ1v) is 6.12. The van der Waals surface area contributed by atoms with Crippen LogP contribution in [0.3, 0.4) is 0 Å². The van der Waals surface area contributed by atoms with Gasteiger partial charge in [0.25, 0.3) is 11.8 Å². The fourth-order valence-electron chi connectivity index (χ4n) is 1.70. The molecule has 2 rings (SSSR count). The second-order valence-electron chi connectivity index (χ2n) is 4.21. The van der Waals surface area contributed by atoms with Crippen molar-refractivity contribution >= 4 is 28.3 Å². The summed E-state index contributed by atoms with van der Waals surface area (Å²) in [5.74, 6) is -4.05. The van der Waals surface area contributed by atoms with Crippen molar-refractivity contribution in [2.45, 2.75) is 5.92 Å². The van der Waals surface area contributed by atoms with Gasteiger partial charge in [0.1, 0.15) is 11.8 Å². The molecule has 0 aliphatic heterocycles. The fourth-order valence-corrected chi connectivity index (χ4v) is 1.91. The molecule has 0 aliphatic rings. The minimum atomic E-state index is -3.36. The summed E-state index contributed by atoms with van der Waals surface area (Å²) >= 11 is 5.91. The number of nitrogens with zero attached hydrogens (tertiary/aromatic N) is 1. The highest BCUT2D eigenvalue weighted by atomic mass is 35.5. The second kappa shape index (κ2) is 5.68. The number of halogens is 3. The van der Waals surface area contributed by atoms with Crippen molar-refractivity contribution in [1.29, 1.82) is 0 Å². The average molecular weight is 301 g/mol. The molecule has 0 fully saturated rings. The molecule has 2 aromatic rings. The fraction of sp³-hybridized carbons (Fsp3) is 0.231. The molecule has 1 heterocycles. The van der Waals surface area contributed by atoms with Crippen LogP contribution in [0, 0.1) is 0 Å². The van der Waals surface area contributed by atoms with E-state index in [4.69, 9.17) is 16.7 Å². The van der Waals surface area contributed by atoms with Crippen LogP contribution in [0.15, 0.2) is 30.5 Å². The van der Waals surface area contributed by atoms with Crippen molar-refractivity contribution in [3.05, 3.63) is 41.2 Å². The smallest absolute Gasteiger partial charge is 0.287 e. The molecule has 0 unspecified atom stereocenters. The first-order chi connectivity index (χ1) is 9.44. The van der Waals surface area contributed by atoms with Crippen molar-refractivity contribution in [2.75, 3.05) is 13.2 Å². The Morgan fingerprint density at radius 3 is 2.65 bits per heavy atom. The van der Waals surface area contributed by atoms with Crippen molar-refractivity contribution in [3.63, 3.8) is 0 Å². The van der Waals surface area contributed by atoms with Gasteiger partial charge in [-0.3, -0.25) is 4.79 Å². The molecule has 0 aliphatic carbocycles. The van der Waals surface area contributed by atoms with Gasteiger partial charge >= 0.3 is 0 Å². The van der Waals surface area contributed by atoms with Crippen LogP contribution in [0.4, 0.5) is 8.78 Å². The molecule has 0 saturated heterocycles. The predicted octanol–water partition coefficient (Wildman–Crippen LogP) is 2.25. The number of carbonyl (C=O) groups is 1. The molecule has 1 aromatic carbocycles. The van der Waals surface area contributed by atoms with Crippen LogP contribution in [-0.2, 0) is 0 Å². The minimum absolute atomic E-state index is 0.152. The standard InChI is InChI=1S/C13H11ClF2N2O2/c14-11-9-4-2-1-3-8(9)10(5-17-11)12(20)18-6-13(15,16)7-19/h1-5,19H,6-7H2,(H,18,20). The zero-order valence-corrected chi connectivity index (χ0v) is 11.0. The monoisotopic (exact) mass is 300 g/mol. The Balaban J connectivity index is 2.29. The van der Waals surface area contributed by atoms with Gasteiger partial charge in [-0.05, 0) is 5.39 Å². The predicted molar refractivity (Wildman–Crippen MR) is 71.1 cm³/mol. The molecule has 4 nitrogen and oxygen atoms in total. The van der Waals surface area contributed by atoms with E-state index in [0.29, 0.717) is 10.8 Å². The third kappa shape index (κ3) is 3.02. The normalized spacial score (nSPS) is 11.6. The molecule has 1 aromatic heterocycles. The first kappa shape index (κ1) is 14.6. The summed E-state index contributed by atoms with van der Waals surface area (Å²) in [6.07, 6.45) is 1.23. The van der Waals surface area contributed by atoms with Gasteiger partial charge in [-0.15, -0.1) is 0 Å². The molecule has 0 spiro atoms. The Morgan fingerprint density at radius 1 is 1.35 bits per heavy atom. The van der Waals surface area contributed by atoms with E-state index in [0.717, 1.165) is 0 Å². The van der Waals surface area contributed by atoms with Gasteiger partial charge in [0, 0.05) is 11.6 Å². The van der Waals surface area contributed by atoms with Gasteiger partial charge in [0.05, 0.1) is 12.1 Å². The van der Waals surface area contributed by atoms with Crippen LogP contribution in [0.5, 0.6) is 0 Å². The van der Waals surface area contributed by atoms with Crippen LogP contribution in [-0.4, -0.2) is 35.1 Å². The quantitative estimate of drug-likeness (QED) is 0.851. The topological polar surface area (TPSA) is 62.2 Å². The molecular formula is C13H11ClF2N2O2. The lowest BCUT2D eigenvalue weighted by Crippen LogP contribution is -2.39. The van der Waals surface area contributed by atoms with E-state index < -0.39 is 25.0 Å². The highest BCUT2D eigenvalue weighted by Crippen LogP contribution is 2.24. The number of benzene rings is 1. The van der Waals surface area contributed by atoms with E-state index in [2.05, 4.69) is 10.3 Å². The van der Waals surface area contributed by atoms with E-state index >= 15 is 0 Å². The van der Waals surface area contributed by atoms with E-state index in [-0.39, 0.29) is 10.7 Å². The third-order valence-corrected chi connectivity index (χ3v) is 3.03. The molecule has 0 saturated carbocycles. The molecule has 106 valence electrons. The Kier molecular flexibility index (Phi) is 4.15. The third-order valence-electron chi connectivity index (χ3n) is 2.73. The maximum atomic E-state index is 12.9. The number of nitrogens with one attached hydrogen (secondary N) is 1. The summed E-state index contributed by atoms with van der Waals surface area (Å²) in [5.41, 5.74) is 0.152. The van der Waals surface area contributed by atoms with Gasteiger partial charge in [-0.25, -0.2) is 13.8 Å². The number of alkyl halides is 2. The maximum absolute atomic E-state index is 12.9. The first-order valence-electron chi connectivity index (χ1n) is 5.75. The molecule has 0 radical (unpaired) electrons. The van der Waals surface area contributed by atoms with Crippen LogP contribution < -0.4 is 5.32 Å². The molecule has 0 bridgehead atoms. The summed E-state index contributed by atoms with van der Waals surface area (Å²) in [7, 11) is 0. The highest BCUT2D eigenvalue weighted by Gasteiger charge is 2.28. The number of hydrogen-bond acceptors (Lipinski definition) is 3. The van der Waals surface area contributed by atoms with Crippen LogP contribution in [0.1, 0.15) is 10.4 Å². The van der Waals surface area contributed by atoms with Crippen LogP contribution in [0.25, 0.3) is 10.8 Å². The zero-order valence-electron chi connectivity index (χ0n) is 10.2. The molecule has 0 atom stereocenters. The van der Waals surface area contributed by atoms with Crippen LogP contribution >= 0.6 is 11.6 Å². The van der Waals surface area contributed by atoms with Gasteiger partial charge in [-0.2, -0.15) is 0 Å². The zero-order chi connectivity index (χ0) is 14.8. The molecule has 2 N–H and O–H groups in total. The molecular weight excluding hydrogens is 290 g/mol. The van der Waals surface area contributed by atoms with E-state index in [1.165, 1.54) is 6.20 Å². The van der Waals surface area contributed by atoms with E-state index in [1.807, 2.05) is 0 Å². The largest absolute Gasteiger partial charge is 0.390 e. The number of fused-ring (bicyclic) bond motifs is 1. The summed E-state index contributed by atoms with van der Waals surface area (Å²) in [6.45, 7) is -2.27. The summed E-state index contributed by atoms with van der Waals surface area (Å²) in [6, 6.07) is 6.78. The average Bonchev–Trinajstić information content (AvgIpc) is 2.46. The lowest BCUT2D eigenvalue weighted by molar-refractivity contribution is -0.0461. The number of pyridine rings is 1. The second-order valence-corrected chi connectivity index (χ2v) is 4.56. The summed E-state index contributed by atoms with van der Waals surface area (Å²) in [4.78, 5) is 15.8. The lowest BCUT2D eigenvalue weighted by Gasteiger charge is -2.14. The number of amides is 1. The molecule has 7 heteroatoms. The minimum Gasteiger partial charge on any atom is -0.390 e. The number of rotatable bonds is 4. The summed E-state index contributed by atoms with van der Waals surface area (Å²) < 4.78 is 25.8. The highest BCUT2D eigenvalue weighted by molar-refractivity contribution is 6.34. The van der Waals surface area contributed by atoms with Crippen molar-refractivity contribution in [2.24, 2.45) is 0 Å².